The summed E-state index contributed by atoms with van der Waals surface area (Å²) in [6.45, 7) is 9.33. The Hall–Kier alpha value is -0.610. The molecule has 2 fully saturated rings. The van der Waals surface area contributed by atoms with Gasteiger partial charge >= 0.3 is 5.97 Å². The molecule has 0 aromatic rings. The fourth-order valence-electron chi connectivity index (χ4n) is 3.25. The third-order valence-corrected chi connectivity index (χ3v) is 4.25. The van der Waals surface area contributed by atoms with Crippen LogP contribution in [0.4, 0.5) is 0 Å². The Morgan fingerprint density at radius 2 is 2.11 bits per heavy atom. The van der Waals surface area contributed by atoms with Crippen LogP contribution in [0.1, 0.15) is 47.0 Å². The first kappa shape index (κ1) is 13.8. The van der Waals surface area contributed by atoms with Crippen LogP contribution in [0.5, 0.6) is 0 Å². The molecule has 0 radical (unpaired) electrons. The highest BCUT2D eigenvalue weighted by Crippen LogP contribution is 2.41. The summed E-state index contributed by atoms with van der Waals surface area (Å²) in [5, 5.41) is 10.9. The fraction of sp³-hybridized carbons (Fsp3) is 0.929. The summed E-state index contributed by atoms with van der Waals surface area (Å²) in [7, 11) is 0. The zero-order valence-electron chi connectivity index (χ0n) is 11.9. The van der Waals surface area contributed by atoms with Gasteiger partial charge in [0.1, 0.15) is 5.60 Å². The molecule has 0 aromatic carbocycles. The molecule has 2 aliphatic heterocycles. The van der Waals surface area contributed by atoms with E-state index in [9.17, 15) is 9.90 Å². The highest BCUT2D eigenvalue weighted by atomic mass is 16.6. The topological polar surface area (TPSA) is 49.8 Å². The second kappa shape index (κ2) is 4.49. The molecule has 0 bridgehead atoms. The summed E-state index contributed by atoms with van der Waals surface area (Å²) in [6, 6.07) is 0.139. The minimum atomic E-state index is -0.904. The molecule has 104 valence electrons. The second-order valence-corrected chi connectivity index (χ2v) is 6.69. The number of carbonyl (C=O) groups is 1. The normalized spacial score (nSPS) is 34.4. The van der Waals surface area contributed by atoms with Crippen LogP contribution >= 0.6 is 0 Å². The number of aliphatic hydroxyl groups is 1. The summed E-state index contributed by atoms with van der Waals surface area (Å²) in [4.78, 5) is 14.4. The van der Waals surface area contributed by atoms with Crippen LogP contribution in [0.3, 0.4) is 0 Å². The molecule has 2 aliphatic rings. The monoisotopic (exact) mass is 255 g/mol. The van der Waals surface area contributed by atoms with Crippen molar-refractivity contribution in [1.82, 2.24) is 4.90 Å². The molecule has 4 nitrogen and oxygen atoms in total. The molecule has 3 unspecified atom stereocenters. The standard InChI is InChI=1S/C14H25NO3/c1-10(12(16)18-13(2,3)4)14(17)7-9-15-8-5-6-11(14)15/h10-11,17H,5-9H2,1-4H3. The van der Waals surface area contributed by atoms with E-state index in [1.165, 1.54) is 0 Å². The second-order valence-electron chi connectivity index (χ2n) is 6.69. The van der Waals surface area contributed by atoms with Crippen LogP contribution < -0.4 is 0 Å². The molecule has 2 heterocycles. The first-order chi connectivity index (χ1) is 8.24. The van der Waals surface area contributed by atoms with Crippen LogP contribution in [0.15, 0.2) is 0 Å². The predicted octanol–water partition coefficient (Wildman–Crippen LogP) is 1.56. The number of nitrogens with zero attached hydrogens (tertiary/aromatic N) is 1. The lowest BCUT2D eigenvalue weighted by molar-refractivity contribution is -0.170. The summed E-state index contributed by atoms with van der Waals surface area (Å²) < 4.78 is 5.41. The molecule has 0 spiro atoms. The maximum absolute atomic E-state index is 12.1. The third kappa shape index (κ3) is 2.41. The Labute approximate surface area is 109 Å². The van der Waals surface area contributed by atoms with Crippen LogP contribution in [-0.2, 0) is 9.53 Å². The molecule has 3 atom stereocenters. The molecule has 0 aromatic heterocycles. The quantitative estimate of drug-likeness (QED) is 0.761. The number of hydrogen-bond donors (Lipinski definition) is 1. The van der Waals surface area contributed by atoms with E-state index in [4.69, 9.17) is 4.74 Å². The maximum atomic E-state index is 12.1. The van der Waals surface area contributed by atoms with E-state index in [0.29, 0.717) is 6.42 Å². The number of esters is 1. The Kier molecular flexibility index (Phi) is 3.45. The van der Waals surface area contributed by atoms with Crippen molar-refractivity contribution in [1.29, 1.82) is 0 Å². The number of ether oxygens (including phenoxy) is 1. The van der Waals surface area contributed by atoms with Crippen LogP contribution in [0.25, 0.3) is 0 Å². The number of carbonyl (C=O) groups excluding carboxylic acids is 1. The third-order valence-electron chi connectivity index (χ3n) is 4.25. The van der Waals surface area contributed by atoms with Gasteiger partial charge in [-0.05, 0) is 53.5 Å². The molecule has 4 heteroatoms. The van der Waals surface area contributed by atoms with Gasteiger partial charge in [-0.1, -0.05) is 0 Å². The lowest BCUT2D eigenvalue weighted by Gasteiger charge is -2.35. The Morgan fingerprint density at radius 3 is 2.72 bits per heavy atom. The van der Waals surface area contributed by atoms with E-state index in [1.807, 2.05) is 20.8 Å². The molecular formula is C14H25NO3. The van der Waals surface area contributed by atoms with Crippen LogP contribution in [0, 0.1) is 5.92 Å². The van der Waals surface area contributed by atoms with Gasteiger partial charge in [0.25, 0.3) is 0 Å². The first-order valence-electron chi connectivity index (χ1n) is 6.93. The van der Waals surface area contributed by atoms with Gasteiger partial charge in [0, 0.05) is 12.6 Å². The van der Waals surface area contributed by atoms with Crippen molar-refractivity contribution in [2.24, 2.45) is 5.92 Å². The van der Waals surface area contributed by atoms with Crippen molar-refractivity contribution < 1.29 is 14.6 Å². The van der Waals surface area contributed by atoms with Crippen molar-refractivity contribution >= 4 is 5.97 Å². The lowest BCUT2D eigenvalue weighted by Crippen LogP contribution is -2.50. The summed E-state index contributed by atoms with van der Waals surface area (Å²) in [6.07, 6.45) is 2.79. The number of rotatable bonds is 2. The van der Waals surface area contributed by atoms with E-state index in [0.717, 1.165) is 25.9 Å². The number of hydrogen-bond acceptors (Lipinski definition) is 4. The van der Waals surface area contributed by atoms with E-state index in [2.05, 4.69) is 4.90 Å². The van der Waals surface area contributed by atoms with Gasteiger partial charge in [0.05, 0.1) is 11.5 Å². The van der Waals surface area contributed by atoms with Crippen molar-refractivity contribution in [3.05, 3.63) is 0 Å². The minimum Gasteiger partial charge on any atom is -0.460 e. The van der Waals surface area contributed by atoms with Gasteiger partial charge < -0.3 is 9.84 Å². The summed E-state index contributed by atoms with van der Waals surface area (Å²) in [5.74, 6) is -0.733. The zero-order valence-corrected chi connectivity index (χ0v) is 11.9. The van der Waals surface area contributed by atoms with Gasteiger partial charge in [-0.3, -0.25) is 9.69 Å². The molecular weight excluding hydrogens is 230 g/mol. The molecule has 0 aliphatic carbocycles. The van der Waals surface area contributed by atoms with Gasteiger partial charge in [-0.15, -0.1) is 0 Å². The smallest absolute Gasteiger partial charge is 0.312 e. The van der Waals surface area contributed by atoms with Crippen LogP contribution in [0.2, 0.25) is 0 Å². The van der Waals surface area contributed by atoms with Crippen molar-refractivity contribution in [3.63, 3.8) is 0 Å². The summed E-state index contributed by atoms with van der Waals surface area (Å²) >= 11 is 0. The van der Waals surface area contributed by atoms with E-state index in [-0.39, 0.29) is 12.0 Å². The van der Waals surface area contributed by atoms with Crippen molar-refractivity contribution in [2.75, 3.05) is 13.1 Å². The van der Waals surface area contributed by atoms with E-state index >= 15 is 0 Å². The van der Waals surface area contributed by atoms with Gasteiger partial charge in [0.2, 0.25) is 0 Å². The van der Waals surface area contributed by atoms with E-state index < -0.39 is 17.1 Å². The summed E-state index contributed by atoms with van der Waals surface area (Å²) in [5.41, 5.74) is -1.39. The Balaban J connectivity index is 2.08. The molecule has 2 rings (SSSR count). The average molecular weight is 255 g/mol. The average Bonchev–Trinajstić information content (AvgIpc) is 2.80. The highest BCUT2D eigenvalue weighted by molar-refractivity contribution is 5.74. The van der Waals surface area contributed by atoms with E-state index in [1.54, 1.807) is 6.92 Å². The van der Waals surface area contributed by atoms with Crippen molar-refractivity contribution in [3.8, 4) is 0 Å². The largest absolute Gasteiger partial charge is 0.460 e. The first-order valence-corrected chi connectivity index (χ1v) is 6.93. The Bertz CT molecular complexity index is 336. The maximum Gasteiger partial charge on any atom is 0.312 e. The molecule has 0 amide bonds. The van der Waals surface area contributed by atoms with Crippen LogP contribution in [-0.4, -0.2) is 46.3 Å². The van der Waals surface area contributed by atoms with Gasteiger partial charge in [-0.25, -0.2) is 0 Å². The lowest BCUT2D eigenvalue weighted by atomic mass is 9.81. The predicted molar refractivity (Wildman–Crippen MR) is 69.2 cm³/mol. The molecule has 2 saturated heterocycles. The van der Waals surface area contributed by atoms with Gasteiger partial charge in [0.15, 0.2) is 0 Å². The van der Waals surface area contributed by atoms with Crippen molar-refractivity contribution in [2.45, 2.75) is 64.2 Å². The SMILES string of the molecule is CC(C(=O)OC(C)(C)C)C1(O)CCN2CCCC21. The molecule has 0 saturated carbocycles. The highest BCUT2D eigenvalue weighted by Gasteiger charge is 2.53. The molecule has 1 N–H and O–H groups in total. The molecule has 18 heavy (non-hydrogen) atoms. The zero-order chi connectivity index (χ0) is 13.6. The van der Waals surface area contributed by atoms with Gasteiger partial charge in [-0.2, -0.15) is 0 Å². The number of fused-ring (bicyclic) bond motifs is 1. The minimum absolute atomic E-state index is 0.139. The fourth-order valence-corrected chi connectivity index (χ4v) is 3.25. The Morgan fingerprint density at radius 1 is 1.44 bits per heavy atom.